The zero-order valence-corrected chi connectivity index (χ0v) is 8.19. The van der Waals surface area contributed by atoms with E-state index in [2.05, 4.69) is 9.97 Å². The Morgan fingerprint density at radius 1 is 1.54 bits per heavy atom. The summed E-state index contributed by atoms with van der Waals surface area (Å²) in [6, 6.07) is 0. The van der Waals surface area contributed by atoms with Gasteiger partial charge in [-0.1, -0.05) is 0 Å². The van der Waals surface area contributed by atoms with Crippen molar-refractivity contribution in [2.45, 2.75) is 0 Å². The van der Waals surface area contributed by atoms with E-state index in [1.165, 1.54) is 0 Å². The Bertz CT molecular complexity index is 209. The van der Waals surface area contributed by atoms with Gasteiger partial charge in [-0.05, 0) is 0 Å². The molecule has 74 valence electrons. The second-order valence-corrected chi connectivity index (χ2v) is 3.60. The van der Waals surface area contributed by atoms with Crippen molar-refractivity contribution < 1.29 is 14.4 Å². The van der Waals surface area contributed by atoms with E-state index < -0.39 is 5.97 Å². The minimum Gasteiger partial charge on any atom is -0.477 e. The van der Waals surface area contributed by atoms with Crippen LogP contribution >= 0.6 is 0 Å². The number of imidazole rings is 1. The summed E-state index contributed by atoms with van der Waals surface area (Å²) in [5.41, 5.74) is 0. The number of aromatic nitrogens is 2. The van der Waals surface area contributed by atoms with Gasteiger partial charge in [-0.3, -0.25) is 0 Å². The second-order valence-electron chi connectivity index (χ2n) is 3.60. The minimum atomic E-state index is -0.752. The van der Waals surface area contributed by atoms with E-state index >= 15 is 0 Å². The first kappa shape index (κ1) is 11.6. The van der Waals surface area contributed by atoms with Crippen molar-refractivity contribution in [2.24, 2.45) is 0 Å². The SMILES string of the molecule is C[N+](C)(C)CC(=O)O.c1c[nH]cn1. The van der Waals surface area contributed by atoms with Crippen LogP contribution in [-0.2, 0) is 4.79 Å². The van der Waals surface area contributed by atoms with Crippen LogP contribution < -0.4 is 0 Å². The molecule has 13 heavy (non-hydrogen) atoms. The molecule has 0 aliphatic heterocycles. The van der Waals surface area contributed by atoms with E-state index in [0.717, 1.165) is 0 Å². The van der Waals surface area contributed by atoms with Gasteiger partial charge in [0.1, 0.15) is 0 Å². The highest BCUT2D eigenvalue weighted by molar-refractivity contribution is 5.67. The fraction of sp³-hybridized carbons (Fsp3) is 0.500. The van der Waals surface area contributed by atoms with Gasteiger partial charge in [-0.2, -0.15) is 0 Å². The topological polar surface area (TPSA) is 66.0 Å². The van der Waals surface area contributed by atoms with E-state index in [0.29, 0.717) is 4.48 Å². The van der Waals surface area contributed by atoms with Crippen LogP contribution in [0.3, 0.4) is 0 Å². The van der Waals surface area contributed by atoms with Gasteiger partial charge < -0.3 is 14.6 Å². The average Bonchev–Trinajstić information content (AvgIpc) is 2.33. The quantitative estimate of drug-likeness (QED) is 0.648. The minimum absolute atomic E-state index is 0.181. The van der Waals surface area contributed by atoms with Crippen molar-refractivity contribution in [1.82, 2.24) is 9.97 Å². The number of carbonyl (C=O) groups is 1. The molecule has 1 rings (SSSR count). The Labute approximate surface area is 77.6 Å². The van der Waals surface area contributed by atoms with Crippen molar-refractivity contribution >= 4 is 5.97 Å². The third-order valence-electron chi connectivity index (χ3n) is 1.02. The molecule has 0 aliphatic carbocycles. The number of nitrogens with one attached hydrogen (secondary N) is 1. The molecule has 0 saturated carbocycles. The van der Waals surface area contributed by atoms with E-state index in [1.54, 1.807) is 18.7 Å². The molecule has 2 N–H and O–H groups in total. The molecule has 0 bridgehead atoms. The highest BCUT2D eigenvalue weighted by Crippen LogP contribution is 1.86. The molecule has 5 heteroatoms. The van der Waals surface area contributed by atoms with E-state index in [4.69, 9.17) is 5.11 Å². The highest BCUT2D eigenvalue weighted by Gasteiger charge is 2.11. The zero-order valence-electron chi connectivity index (χ0n) is 8.19. The van der Waals surface area contributed by atoms with Crippen LogP contribution in [0.5, 0.6) is 0 Å². The van der Waals surface area contributed by atoms with Crippen LogP contribution in [0.2, 0.25) is 0 Å². The first-order valence-corrected chi connectivity index (χ1v) is 3.87. The van der Waals surface area contributed by atoms with Crippen LogP contribution in [0.25, 0.3) is 0 Å². The molecule has 5 nitrogen and oxygen atoms in total. The van der Waals surface area contributed by atoms with E-state index in [9.17, 15) is 4.79 Å². The molecule has 0 spiro atoms. The lowest BCUT2D eigenvalue weighted by Gasteiger charge is -2.20. The Morgan fingerprint density at radius 2 is 2.15 bits per heavy atom. The zero-order chi connectivity index (χ0) is 10.3. The van der Waals surface area contributed by atoms with Gasteiger partial charge in [-0.15, -0.1) is 0 Å². The highest BCUT2D eigenvalue weighted by atomic mass is 16.4. The molecule has 0 atom stereocenters. The maximum Gasteiger partial charge on any atom is 0.359 e. The van der Waals surface area contributed by atoms with Gasteiger partial charge >= 0.3 is 5.97 Å². The van der Waals surface area contributed by atoms with E-state index in [1.807, 2.05) is 21.1 Å². The smallest absolute Gasteiger partial charge is 0.359 e. The molecule has 1 aromatic heterocycles. The summed E-state index contributed by atoms with van der Waals surface area (Å²) in [5, 5.41) is 8.23. The molecule has 1 aromatic rings. The molecule has 0 aliphatic rings. The second kappa shape index (κ2) is 5.31. The molecule has 1 heterocycles. The fourth-order valence-electron chi connectivity index (χ4n) is 0.621. The summed E-state index contributed by atoms with van der Waals surface area (Å²) in [4.78, 5) is 16.4. The maximum atomic E-state index is 10.00. The standard InChI is InChI=1S/C5H11NO2.C3H4N2/c1-6(2,3)4-5(7)8;1-2-5-3-4-1/h4H2,1-3H3;1-3H,(H,4,5)/p+1. The lowest BCUT2D eigenvalue weighted by molar-refractivity contribution is -0.862. The Hall–Kier alpha value is -1.36. The third kappa shape index (κ3) is 10.6. The summed E-state index contributed by atoms with van der Waals surface area (Å²) in [6.45, 7) is 0.181. The number of aliphatic carboxylic acids is 1. The van der Waals surface area contributed by atoms with Crippen LogP contribution in [0.4, 0.5) is 0 Å². The summed E-state index contributed by atoms with van der Waals surface area (Å²) in [5.74, 6) is -0.752. The van der Waals surface area contributed by atoms with Crippen molar-refractivity contribution in [3.05, 3.63) is 18.7 Å². The van der Waals surface area contributed by atoms with Crippen LogP contribution in [0, 0.1) is 0 Å². The monoisotopic (exact) mass is 186 g/mol. The predicted octanol–water partition coefficient (Wildman–Crippen LogP) is 0.187. The van der Waals surface area contributed by atoms with Crippen LogP contribution in [0.15, 0.2) is 18.7 Å². The summed E-state index contributed by atoms with van der Waals surface area (Å²) in [6.07, 6.45) is 5.08. The Morgan fingerprint density at radius 3 is 2.23 bits per heavy atom. The number of nitrogens with zero attached hydrogens (tertiary/aromatic N) is 2. The number of hydrogen-bond donors (Lipinski definition) is 2. The molecule has 0 amide bonds. The van der Waals surface area contributed by atoms with Gasteiger partial charge in [0.25, 0.3) is 0 Å². The van der Waals surface area contributed by atoms with Crippen molar-refractivity contribution in [2.75, 3.05) is 27.7 Å². The molecule has 0 fully saturated rings. The van der Waals surface area contributed by atoms with Gasteiger partial charge in [0.2, 0.25) is 0 Å². The largest absolute Gasteiger partial charge is 0.477 e. The first-order chi connectivity index (χ1) is 5.92. The molecule has 0 aromatic carbocycles. The molecule has 0 saturated heterocycles. The van der Waals surface area contributed by atoms with Crippen LogP contribution in [0.1, 0.15) is 0 Å². The molecular formula is C8H16N3O2+. The first-order valence-electron chi connectivity index (χ1n) is 3.87. The maximum absolute atomic E-state index is 10.00. The van der Waals surface area contributed by atoms with Gasteiger partial charge in [0.15, 0.2) is 6.54 Å². The average molecular weight is 186 g/mol. The number of hydrogen-bond acceptors (Lipinski definition) is 2. The Balaban J connectivity index is 0.000000243. The lowest BCUT2D eigenvalue weighted by Crippen LogP contribution is -2.39. The summed E-state index contributed by atoms with van der Waals surface area (Å²) >= 11 is 0. The molecule has 0 unspecified atom stereocenters. The number of carboxylic acid groups (broad SMARTS) is 1. The number of carboxylic acids is 1. The van der Waals surface area contributed by atoms with Gasteiger partial charge in [-0.25, -0.2) is 9.78 Å². The number of aromatic amines is 1. The number of H-pyrrole nitrogens is 1. The summed E-state index contributed by atoms with van der Waals surface area (Å²) in [7, 11) is 5.52. The summed E-state index contributed by atoms with van der Waals surface area (Å²) < 4.78 is 0.481. The predicted molar refractivity (Wildman–Crippen MR) is 49.1 cm³/mol. The number of quaternary nitrogens is 1. The van der Waals surface area contributed by atoms with Crippen molar-refractivity contribution in [3.63, 3.8) is 0 Å². The normalized spacial score (nSPS) is 10.1. The third-order valence-corrected chi connectivity index (χ3v) is 1.02. The lowest BCUT2D eigenvalue weighted by atomic mass is 10.5. The van der Waals surface area contributed by atoms with Gasteiger partial charge in [0, 0.05) is 12.4 Å². The number of likely N-dealkylation sites (N-methyl/N-ethyl adjacent to an activating group) is 1. The van der Waals surface area contributed by atoms with E-state index in [-0.39, 0.29) is 6.54 Å². The van der Waals surface area contributed by atoms with Crippen molar-refractivity contribution in [3.8, 4) is 0 Å². The molecular weight excluding hydrogens is 170 g/mol. The van der Waals surface area contributed by atoms with Gasteiger partial charge in [0.05, 0.1) is 27.5 Å². The van der Waals surface area contributed by atoms with Crippen LogP contribution in [-0.4, -0.2) is 53.2 Å². The molecule has 0 radical (unpaired) electrons. The van der Waals surface area contributed by atoms with Crippen molar-refractivity contribution in [1.29, 1.82) is 0 Å². The Kier molecular flexibility index (Phi) is 4.76. The number of rotatable bonds is 2. The fourth-order valence-corrected chi connectivity index (χ4v) is 0.621.